The van der Waals surface area contributed by atoms with E-state index in [1.807, 2.05) is 0 Å². The fourth-order valence-electron chi connectivity index (χ4n) is 3.13. The number of β-amino-alcohol motifs (C(OH)–C–C–N with tert-alkyl or cyclic N) is 1. The number of nitrogen functional groups attached to an aromatic ring is 1. The number of hydrogen-bond acceptors (Lipinski definition) is 8. The average Bonchev–Trinajstić information content (AvgIpc) is 2.97. The molecule has 1 aromatic rings. The number of likely N-dealkylation sites (tertiary alicyclic amines) is 1. The Morgan fingerprint density at radius 1 is 1.27 bits per heavy atom. The normalized spacial score (nSPS) is 19.4. The Hall–Kier alpha value is -3.31. The molecule has 0 saturated carbocycles. The molecule has 0 aliphatic carbocycles. The van der Waals surface area contributed by atoms with Crippen LogP contribution < -0.4 is 11.1 Å². The molecule has 3 rings (SSSR count). The molecule has 1 fully saturated rings. The molecule has 30 heavy (non-hydrogen) atoms. The summed E-state index contributed by atoms with van der Waals surface area (Å²) in [6.07, 6.45) is 0.101. The Labute approximate surface area is 172 Å². The minimum absolute atomic E-state index is 0.0271. The Bertz CT molecular complexity index is 886. The zero-order valence-electron chi connectivity index (χ0n) is 16.6. The van der Waals surface area contributed by atoms with E-state index in [9.17, 15) is 24.0 Å². The molecule has 2 aliphatic rings. The lowest BCUT2D eigenvalue weighted by Gasteiger charge is -2.34. The van der Waals surface area contributed by atoms with Crippen molar-refractivity contribution in [1.29, 1.82) is 0 Å². The number of nitrogens with two attached hydrogens (primary N) is 1. The molecule has 1 saturated heterocycles. The summed E-state index contributed by atoms with van der Waals surface area (Å²) in [7, 11) is 1.61. The predicted octanol–water partition coefficient (Wildman–Crippen LogP) is -0.946. The summed E-state index contributed by atoms with van der Waals surface area (Å²) in [5.41, 5.74) is 6.20. The monoisotopic (exact) mass is 420 g/mol. The van der Waals surface area contributed by atoms with Crippen LogP contribution in [0, 0.1) is 0 Å². The number of nitrogens with zero attached hydrogens (tertiary/aromatic N) is 2. The minimum Gasteiger partial charge on any atom is -0.480 e. The van der Waals surface area contributed by atoms with Gasteiger partial charge >= 0.3 is 5.97 Å². The van der Waals surface area contributed by atoms with Crippen molar-refractivity contribution >= 4 is 35.3 Å². The molecule has 11 nitrogen and oxygen atoms in total. The molecule has 2 aliphatic heterocycles. The first-order valence-corrected chi connectivity index (χ1v) is 9.27. The molecule has 1 unspecified atom stereocenters. The van der Waals surface area contributed by atoms with Crippen molar-refractivity contribution in [3.63, 3.8) is 0 Å². The molecule has 162 valence electrons. The zero-order chi connectivity index (χ0) is 22.6. The van der Waals surface area contributed by atoms with Crippen molar-refractivity contribution in [1.82, 2.24) is 15.1 Å². The lowest BCUT2D eigenvalue weighted by atomic mass is 10.0. The maximum atomic E-state index is 12.5. The van der Waals surface area contributed by atoms with Crippen molar-refractivity contribution in [2.45, 2.75) is 31.8 Å². The maximum Gasteiger partial charge on any atom is 0.320 e. The number of aliphatic carboxylic acids is 1. The largest absolute Gasteiger partial charge is 0.480 e. The maximum absolute atomic E-state index is 12.5. The molecular weight excluding hydrogens is 396 g/mol. The van der Waals surface area contributed by atoms with Crippen molar-refractivity contribution in [2.24, 2.45) is 0 Å². The Balaban J connectivity index is 0.000000396. The van der Waals surface area contributed by atoms with Crippen LogP contribution >= 0.6 is 0 Å². The van der Waals surface area contributed by atoms with Crippen molar-refractivity contribution < 1.29 is 34.2 Å². The number of rotatable bonds is 5. The molecule has 2 heterocycles. The van der Waals surface area contributed by atoms with Crippen LogP contribution in [0.3, 0.4) is 0 Å². The summed E-state index contributed by atoms with van der Waals surface area (Å²) in [6.45, 7) is 1.06. The van der Waals surface area contributed by atoms with Gasteiger partial charge in [0.2, 0.25) is 5.91 Å². The molecule has 5 N–H and O–H groups in total. The first kappa shape index (κ1) is 23.0. The second-order valence-electron chi connectivity index (χ2n) is 6.76. The van der Waals surface area contributed by atoms with Crippen LogP contribution in [0.15, 0.2) is 18.2 Å². The SMILES string of the molecule is CN[C@@H](C)C(=O)O.Nc1cccc2c1C(=O)N(C1CCC(=O)N(CCO)C1=O)C2=O. The van der Waals surface area contributed by atoms with E-state index in [1.165, 1.54) is 12.1 Å². The molecule has 1 aromatic carbocycles. The number of fused-ring (bicyclic) bond motifs is 1. The van der Waals surface area contributed by atoms with Gasteiger partial charge in [-0.2, -0.15) is 0 Å². The van der Waals surface area contributed by atoms with Gasteiger partial charge in [0, 0.05) is 12.1 Å². The van der Waals surface area contributed by atoms with E-state index in [4.69, 9.17) is 15.9 Å². The van der Waals surface area contributed by atoms with Gasteiger partial charge in [0.05, 0.1) is 24.3 Å². The van der Waals surface area contributed by atoms with Crippen LogP contribution in [0.5, 0.6) is 0 Å². The Morgan fingerprint density at radius 2 is 1.93 bits per heavy atom. The Morgan fingerprint density at radius 3 is 2.43 bits per heavy atom. The van der Waals surface area contributed by atoms with Crippen LogP contribution in [-0.2, 0) is 14.4 Å². The van der Waals surface area contributed by atoms with Gasteiger partial charge in [0.15, 0.2) is 0 Å². The predicted molar refractivity (Wildman–Crippen MR) is 104 cm³/mol. The number of hydrogen-bond donors (Lipinski definition) is 4. The summed E-state index contributed by atoms with van der Waals surface area (Å²) in [5.74, 6) is -3.10. The van der Waals surface area contributed by atoms with Gasteiger partial charge in [-0.15, -0.1) is 0 Å². The fraction of sp³-hybridized carbons (Fsp3) is 0.421. The number of carboxylic acid groups (broad SMARTS) is 1. The highest BCUT2D eigenvalue weighted by molar-refractivity contribution is 6.25. The number of nitrogens with one attached hydrogen (secondary N) is 1. The second kappa shape index (κ2) is 9.46. The third kappa shape index (κ3) is 4.31. The van der Waals surface area contributed by atoms with Crippen LogP contribution in [0.4, 0.5) is 5.69 Å². The first-order valence-electron chi connectivity index (χ1n) is 9.27. The average molecular weight is 420 g/mol. The standard InChI is InChI=1S/C15H15N3O5.C4H9NO2/c16-9-3-1-2-8-12(9)15(23)18(13(8)21)10-4-5-11(20)17(6-7-19)14(10)22;1-3(5-2)4(6)7/h1-3,10,19H,4-7,16H2;3,5H,1-2H3,(H,6,7)/t;3-/m.0/s1. The number of carbonyl (C=O) groups is 5. The summed E-state index contributed by atoms with van der Waals surface area (Å²) in [5, 5.41) is 19.7. The number of carboxylic acids is 1. The molecule has 4 amide bonds. The van der Waals surface area contributed by atoms with Gasteiger partial charge in [-0.1, -0.05) is 6.07 Å². The third-order valence-corrected chi connectivity index (χ3v) is 4.90. The molecule has 2 atom stereocenters. The highest BCUT2D eigenvalue weighted by Crippen LogP contribution is 2.31. The van der Waals surface area contributed by atoms with E-state index >= 15 is 0 Å². The van der Waals surface area contributed by atoms with Gasteiger partial charge in [0.25, 0.3) is 17.7 Å². The number of piperidine rings is 1. The topological polar surface area (TPSA) is 170 Å². The van der Waals surface area contributed by atoms with Crippen molar-refractivity contribution in [3.05, 3.63) is 29.3 Å². The minimum atomic E-state index is -1.05. The highest BCUT2D eigenvalue weighted by atomic mass is 16.4. The molecule has 0 aromatic heterocycles. The lowest BCUT2D eigenvalue weighted by molar-refractivity contribution is -0.152. The van der Waals surface area contributed by atoms with Crippen molar-refractivity contribution in [2.75, 3.05) is 25.9 Å². The third-order valence-electron chi connectivity index (χ3n) is 4.90. The number of aliphatic hydroxyl groups is 1. The van der Waals surface area contributed by atoms with E-state index < -0.39 is 41.7 Å². The smallest absolute Gasteiger partial charge is 0.320 e. The second-order valence-corrected chi connectivity index (χ2v) is 6.76. The molecule has 0 radical (unpaired) electrons. The van der Waals surface area contributed by atoms with Gasteiger partial charge in [-0.05, 0) is 32.5 Å². The van der Waals surface area contributed by atoms with Crippen molar-refractivity contribution in [3.8, 4) is 0 Å². The summed E-state index contributed by atoms with van der Waals surface area (Å²) >= 11 is 0. The molecule has 11 heteroatoms. The van der Waals surface area contributed by atoms with E-state index in [-0.39, 0.29) is 42.8 Å². The molecular formula is C19H24N4O7. The van der Waals surface area contributed by atoms with Crippen LogP contribution in [-0.4, -0.2) is 81.9 Å². The van der Waals surface area contributed by atoms with E-state index in [2.05, 4.69) is 5.32 Å². The van der Waals surface area contributed by atoms with Crippen LogP contribution in [0.25, 0.3) is 0 Å². The first-order chi connectivity index (χ1) is 14.1. The quantitative estimate of drug-likeness (QED) is 0.346. The summed E-state index contributed by atoms with van der Waals surface area (Å²) in [4.78, 5) is 60.9. The van der Waals surface area contributed by atoms with Crippen LogP contribution in [0.2, 0.25) is 0 Å². The number of aliphatic hydroxyl groups excluding tert-OH is 1. The summed E-state index contributed by atoms with van der Waals surface area (Å²) < 4.78 is 0. The molecule has 0 spiro atoms. The highest BCUT2D eigenvalue weighted by Gasteiger charge is 2.47. The summed E-state index contributed by atoms with van der Waals surface area (Å²) in [6, 6.07) is 3.08. The number of imide groups is 2. The fourth-order valence-corrected chi connectivity index (χ4v) is 3.13. The van der Waals surface area contributed by atoms with E-state index in [0.717, 1.165) is 9.80 Å². The van der Waals surface area contributed by atoms with E-state index in [0.29, 0.717) is 0 Å². The van der Waals surface area contributed by atoms with E-state index in [1.54, 1.807) is 20.0 Å². The Kier molecular flexibility index (Phi) is 7.24. The van der Waals surface area contributed by atoms with Gasteiger partial charge in [0.1, 0.15) is 12.1 Å². The number of benzene rings is 1. The number of anilines is 1. The van der Waals surface area contributed by atoms with Gasteiger partial charge < -0.3 is 21.3 Å². The molecule has 0 bridgehead atoms. The number of carbonyl (C=O) groups excluding carboxylic acids is 4. The zero-order valence-corrected chi connectivity index (χ0v) is 16.6. The van der Waals surface area contributed by atoms with Crippen LogP contribution in [0.1, 0.15) is 40.5 Å². The number of likely N-dealkylation sites (N-methyl/N-ethyl adjacent to an activating group) is 1. The van der Waals surface area contributed by atoms with Gasteiger partial charge in [-0.3, -0.25) is 33.8 Å². The lowest BCUT2D eigenvalue weighted by Crippen LogP contribution is -2.56. The van der Waals surface area contributed by atoms with Gasteiger partial charge in [-0.25, -0.2) is 0 Å². The number of amides is 4.